The van der Waals surface area contributed by atoms with Crippen LogP contribution in [0, 0.1) is 5.92 Å². The molecule has 0 saturated carbocycles. The zero-order chi connectivity index (χ0) is 10.8. The summed E-state index contributed by atoms with van der Waals surface area (Å²) in [5.74, 6) is 2.10. The molecular weight excluding hydrogens is 188 g/mol. The molecule has 1 aliphatic rings. The van der Waals surface area contributed by atoms with Crippen LogP contribution in [-0.4, -0.2) is 22.6 Å². The molecular formula is C11H18N4. The molecule has 1 fully saturated rings. The van der Waals surface area contributed by atoms with Gasteiger partial charge in [0.05, 0.1) is 12.4 Å². The van der Waals surface area contributed by atoms with E-state index in [-0.39, 0.29) is 0 Å². The molecule has 2 N–H and O–H groups in total. The van der Waals surface area contributed by atoms with Gasteiger partial charge in [0, 0.05) is 12.6 Å². The normalized spacial score (nSPS) is 21.3. The van der Waals surface area contributed by atoms with Crippen LogP contribution in [0.5, 0.6) is 0 Å². The molecule has 1 saturated heterocycles. The Morgan fingerprint density at radius 1 is 1.40 bits per heavy atom. The van der Waals surface area contributed by atoms with Crippen LogP contribution in [0.3, 0.4) is 0 Å². The summed E-state index contributed by atoms with van der Waals surface area (Å²) < 4.78 is 0. The second-order valence-corrected chi connectivity index (χ2v) is 4.45. The van der Waals surface area contributed by atoms with E-state index >= 15 is 0 Å². The average Bonchev–Trinajstić information content (AvgIpc) is 2.67. The van der Waals surface area contributed by atoms with Gasteiger partial charge in [-0.15, -0.1) is 0 Å². The van der Waals surface area contributed by atoms with Crippen molar-refractivity contribution < 1.29 is 0 Å². The zero-order valence-corrected chi connectivity index (χ0v) is 9.35. The van der Waals surface area contributed by atoms with Gasteiger partial charge in [-0.05, 0) is 18.8 Å². The lowest BCUT2D eigenvalue weighted by molar-refractivity contribution is 0.489. The molecule has 0 radical (unpaired) electrons. The minimum atomic E-state index is 0.485. The zero-order valence-electron chi connectivity index (χ0n) is 9.35. The standard InChI is InChI=1S/C11H18N4/c1-8(2)9-4-3-5-15(9)11-7-13-10(12)6-14-11/h6-9H,3-5H2,1-2H3,(H2,12,13). The molecule has 2 rings (SSSR count). The summed E-state index contributed by atoms with van der Waals surface area (Å²) in [5.41, 5.74) is 5.53. The van der Waals surface area contributed by atoms with E-state index in [1.807, 2.05) is 0 Å². The van der Waals surface area contributed by atoms with Gasteiger partial charge in [-0.25, -0.2) is 9.97 Å². The number of hydrogen-bond acceptors (Lipinski definition) is 4. The molecule has 4 heteroatoms. The minimum absolute atomic E-state index is 0.485. The van der Waals surface area contributed by atoms with Crippen molar-refractivity contribution in [3.05, 3.63) is 12.4 Å². The molecule has 0 bridgehead atoms. The van der Waals surface area contributed by atoms with Gasteiger partial charge in [-0.3, -0.25) is 0 Å². The Morgan fingerprint density at radius 3 is 2.80 bits per heavy atom. The van der Waals surface area contributed by atoms with E-state index in [0.717, 1.165) is 12.4 Å². The number of nitrogens with two attached hydrogens (primary N) is 1. The third-order valence-corrected chi connectivity index (χ3v) is 3.02. The largest absolute Gasteiger partial charge is 0.382 e. The van der Waals surface area contributed by atoms with Gasteiger partial charge >= 0.3 is 0 Å². The van der Waals surface area contributed by atoms with Crippen LogP contribution < -0.4 is 10.6 Å². The first kappa shape index (κ1) is 10.2. The lowest BCUT2D eigenvalue weighted by Gasteiger charge is -2.28. The number of anilines is 2. The highest BCUT2D eigenvalue weighted by atomic mass is 15.2. The molecule has 82 valence electrons. The maximum Gasteiger partial charge on any atom is 0.147 e. The van der Waals surface area contributed by atoms with E-state index in [9.17, 15) is 0 Å². The number of hydrogen-bond donors (Lipinski definition) is 1. The van der Waals surface area contributed by atoms with Crippen LogP contribution in [0.1, 0.15) is 26.7 Å². The fourth-order valence-corrected chi connectivity index (χ4v) is 2.25. The van der Waals surface area contributed by atoms with Gasteiger partial charge in [0.15, 0.2) is 0 Å². The van der Waals surface area contributed by atoms with E-state index < -0.39 is 0 Å². The topological polar surface area (TPSA) is 55.0 Å². The first-order valence-corrected chi connectivity index (χ1v) is 5.52. The van der Waals surface area contributed by atoms with Crippen LogP contribution in [0.15, 0.2) is 12.4 Å². The average molecular weight is 206 g/mol. The molecule has 1 atom stereocenters. The summed E-state index contributed by atoms with van der Waals surface area (Å²) in [6.45, 7) is 5.60. The van der Waals surface area contributed by atoms with E-state index in [4.69, 9.17) is 5.73 Å². The van der Waals surface area contributed by atoms with Crippen LogP contribution in [0.25, 0.3) is 0 Å². The predicted octanol–water partition coefficient (Wildman–Crippen LogP) is 1.68. The summed E-state index contributed by atoms with van der Waals surface area (Å²) in [5, 5.41) is 0. The van der Waals surface area contributed by atoms with Gasteiger partial charge in [-0.2, -0.15) is 0 Å². The molecule has 4 nitrogen and oxygen atoms in total. The van der Waals surface area contributed by atoms with Crippen molar-refractivity contribution in [2.75, 3.05) is 17.2 Å². The number of nitrogen functional groups attached to an aromatic ring is 1. The molecule has 1 aromatic rings. The molecule has 1 aliphatic heterocycles. The van der Waals surface area contributed by atoms with Crippen molar-refractivity contribution in [1.82, 2.24) is 9.97 Å². The maximum atomic E-state index is 5.53. The smallest absolute Gasteiger partial charge is 0.147 e. The predicted molar refractivity (Wildman–Crippen MR) is 61.7 cm³/mol. The summed E-state index contributed by atoms with van der Waals surface area (Å²) in [6.07, 6.45) is 5.90. The van der Waals surface area contributed by atoms with Crippen molar-refractivity contribution in [3.8, 4) is 0 Å². The molecule has 15 heavy (non-hydrogen) atoms. The first-order chi connectivity index (χ1) is 7.18. The Balaban J connectivity index is 2.19. The highest BCUT2D eigenvalue weighted by Gasteiger charge is 2.27. The quantitative estimate of drug-likeness (QED) is 0.800. The third kappa shape index (κ3) is 2.03. The highest BCUT2D eigenvalue weighted by molar-refractivity contribution is 5.41. The first-order valence-electron chi connectivity index (χ1n) is 5.52. The molecule has 0 aliphatic carbocycles. The molecule has 0 amide bonds. The fraction of sp³-hybridized carbons (Fsp3) is 0.636. The lowest BCUT2D eigenvalue weighted by atomic mass is 10.0. The van der Waals surface area contributed by atoms with Crippen molar-refractivity contribution in [1.29, 1.82) is 0 Å². The summed E-state index contributed by atoms with van der Waals surface area (Å²) in [7, 11) is 0. The van der Waals surface area contributed by atoms with E-state index in [0.29, 0.717) is 17.8 Å². The van der Waals surface area contributed by atoms with Crippen LogP contribution in [-0.2, 0) is 0 Å². The Labute approximate surface area is 90.5 Å². The molecule has 0 spiro atoms. The van der Waals surface area contributed by atoms with Gasteiger partial charge in [0.2, 0.25) is 0 Å². The third-order valence-electron chi connectivity index (χ3n) is 3.02. The van der Waals surface area contributed by atoms with Crippen molar-refractivity contribution in [2.45, 2.75) is 32.7 Å². The van der Waals surface area contributed by atoms with Gasteiger partial charge in [0.1, 0.15) is 11.6 Å². The second-order valence-electron chi connectivity index (χ2n) is 4.45. The Bertz CT molecular complexity index is 320. The summed E-state index contributed by atoms with van der Waals surface area (Å²) in [6, 6.07) is 0.600. The number of aromatic nitrogens is 2. The molecule has 2 heterocycles. The molecule has 0 aromatic carbocycles. The monoisotopic (exact) mass is 206 g/mol. The fourth-order valence-electron chi connectivity index (χ4n) is 2.25. The van der Waals surface area contributed by atoms with Crippen molar-refractivity contribution in [3.63, 3.8) is 0 Å². The van der Waals surface area contributed by atoms with E-state index in [1.165, 1.54) is 12.8 Å². The van der Waals surface area contributed by atoms with Crippen molar-refractivity contribution in [2.24, 2.45) is 5.92 Å². The lowest BCUT2D eigenvalue weighted by Crippen LogP contribution is -2.34. The minimum Gasteiger partial charge on any atom is -0.382 e. The number of rotatable bonds is 2. The summed E-state index contributed by atoms with van der Waals surface area (Å²) >= 11 is 0. The van der Waals surface area contributed by atoms with E-state index in [1.54, 1.807) is 12.4 Å². The second kappa shape index (κ2) is 4.04. The Kier molecular flexibility index (Phi) is 2.75. The SMILES string of the molecule is CC(C)C1CCCN1c1cnc(N)cn1. The molecule has 1 aromatic heterocycles. The van der Waals surface area contributed by atoms with Gasteiger partial charge in [0.25, 0.3) is 0 Å². The van der Waals surface area contributed by atoms with Crippen LogP contribution in [0.2, 0.25) is 0 Å². The van der Waals surface area contributed by atoms with Crippen LogP contribution >= 0.6 is 0 Å². The number of nitrogens with zero attached hydrogens (tertiary/aromatic N) is 3. The van der Waals surface area contributed by atoms with Gasteiger partial charge < -0.3 is 10.6 Å². The van der Waals surface area contributed by atoms with E-state index in [2.05, 4.69) is 28.7 Å². The maximum absolute atomic E-state index is 5.53. The molecule has 1 unspecified atom stereocenters. The highest BCUT2D eigenvalue weighted by Crippen LogP contribution is 2.27. The van der Waals surface area contributed by atoms with Gasteiger partial charge in [-0.1, -0.05) is 13.8 Å². The Morgan fingerprint density at radius 2 is 2.20 bits per heavy atom. The summed E-state index contributed by atoms with van der Waals surface area (Å²) in [4.78, 5) is 10.8. The van der Waals surface area contributed by atoms with Crippen molar-refractivity contribution >= 4 is 11.6 Å². The Hall–Kier alpha value is -1.32. The van der Waals surface area contributed by atoms with Crippen LogP contribution in [0.4, 0.5) is 11.6 Å².